The van der Waals surface area contributed by atoms with Crippen LogP contribution in [0.1, 0.15) is 18.6 Å². The van der Waals surface area contributed by atoms with Gasteiger partial charge in [0.25, 0.3) is 5.91 Å². The summed E-state index contributed by atoms with van der Waals surface area (Å²) in [7, 11) is 1.54. The standard InChI is InChI=1S/C19H16F2N6O4/c1-9(11-7-10(20)3-4-12(11)21)31-19(29)24-17-16(25-26-27(17)2)13-5-6-14-18(23-13)30-8-15(28)22-14/h3-7,9H,8H2,1-2H3,(H,22,28)(H,24,29)/t9-/m1/s1. The van der Waals surface area contributed by atoms with Gasteiger partial charge in [-0.15, -0.1) is 5.10 Å². The lowest BCUT2D eigenvalue weighted by Gasteiger charge is -2.17. The third-order valence-electron chi connectivity index (χ3n) is 4.44. The van der Waals surface area contributed by atoms with Crippen molar-refractivity contribution in [3.05, 3.63) is 47.5 Å². The molecule has 0 saturated carbocycles. The highest BCUT2D eigenvalue weighted by atomic mass is 19.1. The number of halogens is 2. The highest BCUT2D eigenvalue weighted by Gasteiger charge is 2.23. The maximum Gasteiger partial charge on any atom is 0.413 e. The number of carbonyl (C=O) groups excluding carboxylic acids is 2. The van der Waals surface area contributed by atoms with Gasteiger partial charge >= 0.3 is 6.09 Å². The van der Waals surface area contributed by atoms with E-state index in [0.717, 1.165) is 18.2 Å². The van der Waals surface area contributed by atoms with E-state index < -0.39 is 23.8 Å². The number of hydrogen-bond acceptors (Lipinski definition) is 7. The molecular formula is C19H16F2N6O4. The fourth-order valence-corrected chi connectivity index (χ4v) is 2.94. The summed E-state index contributed by atoms with van der Waals surface area (Å²) in [5.41, 5.74) is 0.840. The van der Waals surface area contributed by atoms with Crippen molar-refractivity contribution < 1.29 is 27.8 Å². The zero-order valence-electron chi connectivity index (χ0n) is 16.3. The van der Waals surface area contributed by atoms with Gasteiger partial charge < -0.3 is 14.8 Å². The number of ether oxygens (including phenoxy) is 2. The topological polar surface area (TPSA) is 120 Å². The normalized spacial score (nSPS) is 13.6. The Kier molecular flexibility index (Phi) is 5.19. The lowest BCUT2D eigenvalue weighted by atomic mass is 10.1. The second kappa shape index (κ2) is 7.97. The van der Waals surface area contributed by atoms with E-state index in [9.17, 15) is 18.4 Å². The maximum absolute atomic E-state index is 13.9. The smallest absolute Gasteiger partial charge is 0.413 e. The molecule has 3 aromatic rings. The van der Waals surface area contributed by atoms with Crippen LogP contribution in [0.3, 0.4) is 0 Å². The third-order valence-corrected chi connectivity index (χ3v) is 4.44. The second-order valence-corrected chi connectivity index (χ2v) is 6.63. The zero-order valence-corrected chi connectivity index (χ0v) is 16.3. The Bertz CT molecular complexity index is 1180. The molecule has 0 aliphatic carbocycles. The van der Waals surface area contributed by atoms with Crippen LogP contribution < -0.4 is 15.4 Å². The van der Waals surface area contributed by atoms with Crippen molar-refractivity contribution in [1.82, 2.24) is 20.0 Å². The molecule has 2 aromatic heterocycles. The van der Waals surface area contributed by atoms with Gasteiger partial charge in [-0.05, 0) is 37.3 Å². The molecule has 1 aromatic carbocycles. The predicted molar refractivity (Wildman–Crippen MR) is 103 cm³/mol. The van der Waals surface area contributed by atoms with Gasteiger partial charge in [0.2, 0.25) is 5.88 Å². The van der Waals surface area contributed by atoms with E-state index >= 15 is 0 Å². The Morgan fingerprint density at radius 1 is 1.32 bits per heavy atom. The minimum Gasteiger partial charge on any atom is -0.466 e. The largest absolute Gasteiger partial charge is 0.466 e. The lowest BCUT2D eigenvalue weighted by Crippen LogP contribution is -2.26. The molecule has 1 aliphatic rings. The van der Waals surface area contributed by atoms with Gasteiger partial charge in [-0.1, -0.05) is 5.21 Å². The number of aryl methyl sites for hydroxylation is 1. The first-order valence-electron chi connectivity index (χ1n) is 9.08. The first kappa shape index (κ1) is 20.2. The molecular weight excluding hydrogens is 414 g/mol. The number of hydrogen-bond donors (Lipinski definition) is 2. The minimum atomic E-state index is -1.06. The molecule has 0 unspecified atom stereocenters. The van der Waals surface area contributed by atoms with Crippen molar-refractivity contribution in [3.8, 4) is 17.3 Å². The number of amides is 2. The number of benzene rings is 1. The van der Waals surface area contributed by atoms with Crippen LogP contribution in [0.4, 0.5) is 25.1 Å². The molecule has 10 nitrogen and oxygen atoms in total. The summed E-state index contributed by atoms with van der Waals surface area (Å²) in [6, 6.07) is 6.04. The molecule has 31 heavy (non-hydrogen) atoms. The summed E-state index contributed by atoms with van der Waals surface area (Å²) in [6.07, 6.45) is -1.98. The monoisotopic (exact) mass is 430 g/mol. The molecule has 0 spiro atoms. The molecule has 0 fully saturated rings. The lowest BCUT2D eigenvalue weighted by molar-refractivity contribution is -0.118. The number of fused-ring (bicyclic) bond motifs is 1. The molecule has 0 radical (unpaired) electrons. The number of rotatable bonds is 4. The molecule has 2 amide bonds. The Morgan fingerprint density at radius 2 is 2.13 bits per heavy atom. The number of anilines is 2. The second-order valence-electron chi connectivity index (χ2n) is 6.63. The number of aromatic nitrogens is 4. The van der Waals surface area contributed by atoms with Crippen LogP contribution >= 0.6 is 0 Å². The van der Waals surface area contributed by atoms with E-state index in [1.54, 1.807) is 12.1 Å². The molecule has 3 heterocycles. The Balaban J connectivity index is 1.54. The molecule has 1 atom stereocenters. The van der Waals surface area contributed by atoms with Crippen molar-refractivity contribution in [2.24, 2.45) is 7.05 Å². The number of carbonyl (C=O) groups is 2. The first-order valence-corrected chi connectivity index (χ1v) is 9.08. The third kappa shape index (κ3) is 4.13. The minimum absolute atomic E-state index is 0.103. The molecule has 4 rings (SSSR count). The van der Waals surface area contributed by atoms with Crippen molar-refractivity contribution in [2.45, 2.75) is 13.0 Å². The van der Waals surface area contributed by atoms with Gasteiger partial charge in [0.1, 0.15) is 23.4 Å². The van der Waals surface area contributed by atoms with Crippen LogP contribution in [0.5, 0.6) is 5.88 Å². The number of nitrogens with zero attached hydrogens (tertiary/aromatic N) is 4. The van der Waals surface area contributed by atoms with Crippen LogP contribution in [-0.2, 0) is 16.6 Å². The quantitative estimate of drug-likeness (QED) is 0.653. The Labute approximate surface area is 174 Å². The van der Waals surface area contributed by atoms with Gasteiger partial charge in [0.05, 0.1) is 5.69 Å². The first-order chi connectivity index (χ1) is 14.8. The van der Waals surface area contributed by atoms with E-state index in [0.29, 0.717) is 11.4 Å². The van der Waals surface area contributed by atoms with E-state index in [1.807, 2.05) is 0 Å². The van der Waals surface area contributed by atoms with Gasteiger partial charge in [-0.25, -0.2) is 23.2 Å². The molecule has 2 N–H and O–H groups in total. The summed E-state index contributed by atoms with van der Waals surface area (Å²) >= 11 is 0. The summed E-state index contributed by atoms with van der Waals surface area (Å²) in [6.45, 7) is 1.24. The van der Waals surface area contributed by atoms with Crippen LogP contribution in [0, 0.1) is 11.6 Å². The fraction of sp³-hybridized carbons (Fsp3) is 0.211. The predicted octanol–water partition coefficient (Wildman–Crippen LogP) is 2.80. The summed E-state index contributed by atoms with van der Waals surface area (Å²) in [5.74, 6) is -1.29. The van der Waals surface area contributed by atoms with Crippen LogP contribution in [0.2, 0.25) is 0 Å². The van der Waals surface area contributed by atoms with Gasteiger partial charge in [-0.2, -0.15) is 0 Å². The maximum atomic E-state index is 13.9. The van der Waals surface area contributed by atoms with Gasteiger partial charge in [0, 0.05) is 12.6 Å². The highest BCUT2D eigenvalue weighted by molar-refractivity contribution is 5.95. The highest BCUT2D eigenvalue weighted by Crippen LogP contribution is 2.31. The van der Waals surface area contributed by atoms with E-state index in [2.05, 4.69) is 25.9 Å². The van der Waals surface area contributed by atoms with Crippen molar-refractivity contribution in [1.29, 1.82) is 0 Å². The van der Waals surface area contributed by atoms with Gasteiger partial charge in [-0.3, -0.25) is 10.1 Å². The number of nitrogens with one attached hydrogen (secondary N) is 2. The van der Waals surface area contributed by atoms with Crippen molar-refractivity contribution in [2.75, 3.05) is 17.2 Å². The van der Waals surface area contributed by atoms with Gasteiger partial charge in [0.15, 0.2) is 18.1 Å². The Hall–Kier alpha value is -4.09. The van der Waals surface area contributed by atoms with E-state index in [-0.39, 0.29) is 35.5 Å². The zero-order chi connectivity index (χ0) is 22.1. The number of pyridine rings is 1. The molecule has 1 aliphatic heterocycles. The van der Waals surface area contributed by atoms with Crippen LogP contribution in [0.25, 0.3) is 11.4 Å². The van der Waals surface area contributed by atoms with E-state index in [4.69, 9.17) is 9.47 Å². The average Bonchev–Trinajstić information content (AvgIpc) is 3.09. The summed E-state index contributed by atoms with van der Waals surface area (Å²) < 4.78 is 39.1. The van der Waals surface area contributed by atoms with Crippen LogP contribution in [0.15, 0.2) is 30.3 Å². The molecule has 160 valence electrons. The van der Waals surface area contributed by atoms with Crippen molar-refractivity contribution in [3.63, 3.8) is 0 Å². The molecule has 12 heteroatoms. The molecule has 0 bridgehead atoms. The fourth-order valence-electron chi connectivity index (χ4n) is 2.94. The van der Waals surface area contributed by atoms with Crippen LogP contribution in [-0.4, -0.2) is 38.6 Å². The Morgan fingerprint density at radius 3 is 2.94 bits per heavy atom. The SMILES string of the molecule is C[C@@H](OC(=O)Nc1c(-c2ccc3c(n2)OCC(=O)N3)nnn1C)c1cc(F)ccc1F. The molecule has 0 saturated heterocycles. The van der Waals surface area contributed by atoms with Crippen molar-refractivity contribution >= 4 is 23.5 Å². The average molecular weight is 430 g/mol. The summed E-state index contributed by atoms with van der Waals surface area (Å²) in [4.78, 5) is 28.1. The van der Waals surface area contributed by atoms with E-state index in [1.165, 1.54) is 18.7 Å². The summed E-state index contributed by atoms with van der Waals surface area (Å²) in [5, 5.41) is 13.0.